The molecule has 0 radical (unpaired) electrons. The van der Waals surface area contributed by atoms with Crippen molar-refractivity contribution >= 4 is 23.8 Å². The van der Waals surface area contributed by atoms with E-state index < -0.39 is 0 Å². The topological polar surface area (TPSA) is 26.0 Å². The zero-order valence-corrected chi connectivity index (χ0v) is 17.0. The van der Waals surface area contributed by atoms with Gasteiger partial charge in [-0.2, -0.15) is 0 Å². The Balaban J connectivity index is 1.82. The number of nitrogens with zero attached hydrogens (tertiary/aromatic N) is 4. The molecular formula is C21H23ClN4S. The monoisotopic (exact) mass is 398 g/mol. The fourth-order valence-electron chi connectivity index (χ4n) is 3.67. The largest absolute Gasteiger partial charge is 0.282 e. The molecule has 0 amide bonds. The van der Waals surface area contributed by atoms with Gasteiger partial charge in [0.15, 0.2) is 5.82 Å². The van der Waals surface area contributed by atoms with Crippen LogP contribution < -0.4 is 0 Å². The molecule has 1 fully saturated rings. The number of piperidine rings is 1. The molecule has 3 aromatic rings. The van der Waals surface area contributed by atoms with Crippen molar-refractivity contribution in [2.75, 3.05) is 6.54 Å². The molecule has 27 heavy (non-hydrogen) atoms. The first kappa shape index (κ1) is 18.4. The molecule has 1 unspecified atom stereocenters. The number of likely N-dealkylation sites (tertiary alicyclic amines) is 1. The Kier molecular flexibility index (Phi) is 5.43. The van der Waals surface area contributed by atoms with Gasteiger partial charge in [0.1, 0.15) is 0 Å². The van der Waals surface area contributed by atoms with E-state index in [1.807, 2.05) is 63.8 Å². The maximum Gasteiger partial charge on any atom is 0.204 e. The van der Waals surface area contributed by atoms with Crippen LogP contribution in [-0.4, -0.2) is 31.8 Å². The van der Waals surface area contributed by atoms with E-state index in [4.69, 9.17) is 28.9 Å². The highest BCUT2D eigenvalue weighted by Gasteiger charge is 2.22. The number of para-hydroxylation sites is 1. The van der Waals surface area contributed by atoms with E-state index in [-0.39, 0.29) is 0 Å². The molecule has 0 saturated carbocycles. The predicted octanol–water partition coefficient (Wildman–Crippen LogP) is 5.56. The zero-order chi connectivity index (χ0) is 18.8. The van der Waals surface area contributed by atoms with E-state index in [1.54, 1.807) is 0 Å². The van der Waals surface area contributed by atoms with Crippen LogP contribution in [0.1, 0.15) is 26.2 Å². The van der Waals surface area contributed by atoms with Gasteiger partial charge in [0, 0.05) is 23.8 Å². The average molecular weight is 399 g/mol. The van der Waals surface area contributed by atoms with Gasteiger partial charge in [-0.25, -0.2) is 4.68 Å². The molecule has 6 heteroatoms. The molecule has 4 nitrogen and oxygen atoms in total. The number of halogens is 1. The SMILES string of the molecule is CC1CCCCN1Cn1nc(-c2ccccc2Cl)n(-c2ccccc2)c1=S. The average Bonchev–Trinajstić information content (AvgIpc) is 3.01. The third-order valence-electron chi connectivity index (χ3n) is 5.22. The number of benzene rings is 2. The highest BCUT2D eigenvalue weighted by molar-refractivity contribution is 7.71. The van der Waals surface area contributed by atoms with Crippen LogP contribution in [0.4, 0.5) is 0 Å². The maximum atomic E-state index is 6.49. The van der Waals surface area contributed by atoms with Crippen molar-refractivity contribution in [3.05, 3.63) is 64.4 Å². The van der Waals surface area contributed by atoms with Crippen LogP contribution in [-0.2, 0) is 6.67 Å². The molecule has 4 rings (SSSR count). The molecule has 0 aliphatic carbocycles. The molecule has 0 N–H and O–H groups in total. The smallest absolute Gasteiger partial charge is 0.204 e. The predicted molar refractivity (Wildman–Crippen MR) is 113 cm³/mol. The summed E-state index contributed by atoms with van der Waals surface area (Å²) < 4.78 is 4.64. The van der Waals surface area contributed by atoms with E-state index >= 15 is 0 Å². The maximum absolute atomic E-state index is 6.49. The minimum absolute atomic E-state index is 0.547. The molecule has 1 aromatic heterocycles. The summed E-state index contributed by atoms with van der Waals surface area (Å²) in [5, 5.41) is 5.57. The number of hydrogen-bond donors (Lipinski definition) is 0. The highest BCUT2D eigenvalue weighted by atomic mass is 35.5. The first-order valence-electron chi connectivity index (χ1n) is 9.39. The van der Waals surface area contributed by atoms with Crippen molar-refractivity contribution in [2.24, 2.45) is 0 Å². The second kappa shape index (κ2) is 7.97. The molecule has 1 atom stereocenters. The summed E-state index contributed by atoms with van der Waals surface area (Å²) in [7, 11) is 0. The summed E-state index contributed by atoms with van der Waals surface area (Å²) in [5.74, 6) is 0.779. The minimum atomic E-state index is 0.547. The fourth-order valence-corrected chi connectivity index (χ4v) is 4.18. The number of rotatable bonds is 4. The molecule has 1 aliphatic rings. The third kappa shape index (κ3) is 3.72. The number of aromatic nitrogens is 3. The van der Waals surface area contributed by atoms with Gasteiger partial charge in [-0.05, 0) is 56.2 Å². The van der Waals surface area contributed by atoms with Crippen molar-refractivity contribution in [3.8, 4) is 17.1 Å². The summed E-state index contributed by atoms with van der Waals surface area (Å²) in [6.07, 6.45) is 3.75. The van der Waals surface area contributed by atoms with Crippen molar-refractivity contribution in [2.45, 2.75) is 38.9 Å². The van der Waals surface area contributed by atoms with Gasteiger partial charge in [-0.1, -0.05) is 48.4 Å². The van der Waals surface area contributed by atoms with Gasteiger partial charge >= 0.3 is 0 Å². The summed E-state index contributed by atoms with van der Waals surface area (Å²) in [6, 6.07) is 18.5. The Bertz CT molecular complexity index is 979. The lowest BCUT2D eigenvalue weighted by Crippen LogP contribution is -2.38. The van der Waals surface area contributed by atoms with Crippen molar-refractivity contribution < 1.29 is 0 Å². The lowest BCUT2D eigenvalue weighted by molar-refractivity contribution is 0.114. The van der Waals surface area contributed by atoms with Gasteiger partial charge in [-0.15, -0.1) is 5.10 Å². The van der Waals surface area contributed by atoms with Gasteiger partial charge < -0.3 is 0 Å². The quantitative estimate of drug-likeness (QED) is 0.538. The first-order chi connectivity index (χ1) is 13.1. The van der Waals surface area contributed by atoms with Crippen LogP contribution in [0.3, 0.4) is 0 Å². The summed E-state index contributed by atoms with van der Waals surface area (Å²) in [4.78, 5) is 2.46. The summed E-state index contributed by atoms with van der Waals surface area (Å²) >= 11 is 12.3. The molecule has 2 aromatic carbocycles. The Morgan fingerprint density at radius 1 is 1.07 bits per heavy atom. The van der Waals surface area contributed by atoms with Gasteiger partial charge in [0.2, 0.25) is 4.77 Å². The van der Waals surface area contributed by atoms with E-state index in [0.29, 0.717) is 22.5 Å². The van der Waals surface area contributed by atoms with Crippen LogP contribution in [0.2, 0.25) is 5.02 Å². The first-order valence-corrected chi connectivity index (χ1v) is 10.2. The van der Waals surface area contributed by atoms with E-state index in [2.05, 4.69) is 11.8 Å². The third-order valence-corrected chi connectivity index (χ3v) is 5.95. The summed E-state index contributed by atoms with van der Waals surface area (Å²) in [5.41, 5.74) is 1.88. The molecule has 140 valence electrons. The van der Waals surface area contributed by atoms with Crippen LogP contribution in [0.15, 0.2) is 54.6 Å². The Hall–Kier alpha value is -1.95. The fraction of sp³-hybridized carbons (Fsp3) is 0.333. The highest BCUT2D eigenvalue weighted by Crippen LogP contribution is 2.29. The van der Waals surface area contributed by atoms with Crippen LogP contribution in [0.25, 0.3) is 17.1 Å². The van der Waals surface area contributed by atoms with Crippen LogP contribution >= 0.6 is 23.8 Å². The minimum Gasteiger partial charge on any atom is -0.282 e. The Labute approximate surface area is 170 Å². The van der Waals surface area contributed by atoms with Crippen LogP contribution in [0.5, 0.6) is 0 Å². The second-order valence-electron chi connectivity index (χ2n) is 7.06. The molecule has 0 spiro atoms. The van der Waals surface area contributed by atoms with Crippen molar-refractivity contribution in [1.29, 1.82) is 0 Å². The van der Waals surface area contributed by atoms with Gasteiger partial charge in [0.05, 0.1) is 11.7 Å². The standard InChI is InChI=1S/C21H23ClN4S/c1-16-9-7-8-14-24(16)15-25-21(27)26(17-10-3-2-4-11-17)20(23-25)18-12-5-6-13-19(18)22/h2-6,10-13,16H,7-9,14-15H2,1H3. The molecule has 1 aliphatic heterocycles. The normalized spacial score (nSPS) is 17.9. The summed E-state index contributed by atoms with van der Waals surface area (Å²) in [6.45, 7) is 4.08. The molecule has 2 heterocycles. The van der Waals surface area contributed by atoms with E-state index in [9.17, 15) is 0 Å². The van der Waals surface area contributed by atoms with E-state index in [1.165, 1.54) is 19.3 Å². The Morgan fingerprint density at radius 3 is 2.56 bits per heavy atom. The number of hydrogen-bond acceptors (Lipinski definition) is 3. The molecule has 0 bridgehead atoms. The van der Waals surface area contributed by atoms with Crippen LogP contribution in [0, 0.1) is 4.77 Å². The lowest BCUT2D eigenvalue weighted by Gasteiger charge is -2.32. The lowest BCUT2D eigenvalue weighted by atomic mass is 10.0. The zero-order valence-electron chi connectivity index (χ0n) is 15.4. The van der Waals surface area contributed by atoms with Gasteiger partial charge in [0.25, 0.3) is 0 Å². The Morgan fingerprint density at radius 2 is 1.81 bits per heavy atom. The van der Waals surface area contributed by atoms with E-state index in [0.717, 1.165) is 23.6 Å². The van der Waals surface area contributed by atoms with Crippen molar-refractivity contribution in [3.63, 3.8) is 0 Å². The second-order valence-corrected chi connectivity index (χ2v) is 7.83. The molecule has 1 saturated heterocycles. The molecular weight excluding hydrogens is 376 g/mol. The van der Waals surface area contributed by atoms with Crippen molar-refractivity contribution in [1.82, 2.24) is 19.2 Å². The van der Waals surface area contributed by atoms with Gasteiger partial charge in [-0.3, -0.25) is 9.47 Å².